The van der Waals surface area contributed by atoms with Crippen LogP contribution < -0.4 is 5.73 Å². The molecule has 15 heavy (non-hydrogen) atoms. The number of nitrogens with zero attached hydrogens (tertiary/aromatic N) is 3. The van der Waals surface area contributed by atoms with Gasteiger partial charge < -0.3 is 5.73 Å². The van der Waals surface area contributed by atoms with Crippen molar-refractivity contribution in [1.82, 2.24) is 0 Å². The molecule has 4 nitrogen and oxygen atoms in total. The van der Waals surface area contributed by atoms with Gasteiger partial charge in [-0.2, -0.15) is 0 Å². The molecule has 1 rings (SSSR count). The Hall–Kier alpha value is -2.18. The summed E-state index contributed by atoms with van der Waals surface area (Å²) in [5, 5.41) is 3.32. The van der Waals surface area contributed by atoms with Crippen molar-refractivity contribution >= 4 is 5.69 Å². The van der Waals surface area contributed by atoms with Crippen molar-refractivity contribution in [2.45, 2.75) is 6.42 Å². The van der Waals surface area contributed by atoms with Crippen LogP contribution in [0.3, 0.4) is 0 Å². The number of anilines is 1. The molecule has 1 aromatic carbocycles. The maximum absolute atomic E-state index is 12.8. The van der Waals surface area contributed by atoms with Gasteiger partial charge in [0.05, 0.1) is 5.56 Å². The molecule has 0 fully saturated rings. The van der Waals surface area contributed by atoms with Crippen LogP contribution in [0.4, 0.5) is 10.1 Å². The molecular weight excluding hydrogens is 195 g/mol. The lowest BCUT2D eigenvalue weighted by molar-refractivity contribution is 0.627. The molecule has 76 valence electrons. The normalized spacial score (nSPS) is 8.60. The van der Waals surface area contributed by atoms with E-state index >= 15 is 0 Å². The number of hydrogen-bond acceptors (Lipinski definition) is 2. The predicted molar refractivity (Wildman–Crippen MR) is 56.3 cm³/mol. The highest BCUT2D eigenvalue weighted by molar-refractivity contribution is 5.55. The van der Waals surface area contributed by atoms with E-state index in [2.05, 4.69) is 21.9 Å². The summed E-state index contributed by atoms with van der Waals surface area (Å²) in [6, 6.07) is 4.02. The maximum Gasteiger partial charge on any atom is 0.124 e. The minimum atomic E-state index is -0.372. The van der Waals surface area contributed by atoms with Gasteiger partial charge >= 0.3 is 0 Å². The van der Waals surface area contributed by atoms with Crippen LogP contribution in [0, 0.1) is 17.7 Å². The van der Waals surface area contributed by atoms with Crippen LogP contribution in [-0.4, -0.2) is 6.54 Å². The molecule has 0 amide bonds. The van der Waals surface area contributed by atoms with Crippen molar-refractivity contribution in [1.29, 1.82) is 0 Å². The van der Waals surface area contributed by atoms with E-state index in [-0.39, 0.29) is 5.82 Å². The molecule has 0 aliphatic heterocycles. The van der Waals surface area contributed by atoms with Crippen LogP contribution in [0.1, 0.15) is 12.0 Å². The molecule has 0 unspecified atom stereocenters. The quantitative estimate of drug-likeness (QED) is 0.197. The van der Waals surface area contributed by atoms with E-state index < -0.39 is 0 Å². The van der Waals surface area contributed by atoms with E-state index in [4.69, 9.17) is 11.3 Å². The van der Waals surface area contributed by atoms with E-state index in [0.29, 0.717) is 24.2 Å². The predicted octanol–water partition coefficient (Wildman–Crippen LogP) is 2.46. The van der Waals surface area contributed by atoms with Gasteiger partial charge in [-0.25, -0.2) is 4.39 Å². The van der Waals surface area contributed by atoms with Crippen LogP contribution in [-0.2, 0) is 0 Å². The summed E-state index contributed by atoms with van der Waals surface area (Å²) >= 11 is 0. The lowest BCUT2D eigenvalue weighted by Gasteiger charge is -1.96. The molecule has 5 heteroatoms. The second kappa shape index (κ2) is 5.53. The molecular formula is C10H9FN4. The van der Waals surface area contributed by atoms with Crippen molar-refractivity contribution in [3.8, 4) is 11.8 Å². The van der Waals surface area contributed by atoms with Gasteiger partial charge in [0.1, 0.15) is 5.82 Å². The number of rotatable bonds is 2. The topological polar surface area (TPSA) is 74.8 Å². The minimum Gasteiger partial charge on any atom is -0.398 e. The smallest absolute Gasteiger partial charge is 0.124 e. The molecule has 1 aromatic rings. The first-order valence-corrected chi connectivity index (χ1v) is 4.29. The second-order valence-electron chi connectivity index (χ2n) is 2.74. The molecule has 0 saturated carbocycles. The molecule has 0 radical (unpaired) electrons. The Balaban J connectivity index is 2.70. The second-order valence-corrected chi connectivity index (χ2v) is 2.74. The van der Waals surface area contributed by atoms with Crippen LogP contribution in [0.25, 0.3) is 10.4 Å². The zero-order chi connectivity index (χ0) is 11.1. The molecule has 0 spiro atoms. The fourth-order valence-corrected chi connectivity index (χ4v) is 0.945. The Labute approximate surface area is 86.5 Å². The van der Waals surface area contributed by atoms with Crippen LogP contribution in [0.5, 0.6) is 0 Å². The fraction of sp³-hybridized carbons (Fsp3) is 0.200. The summed E-state index contributed by atoms with van der Waals surface area (Å²) in [7, 11) is 0. The lowest BCUT2D eigenvalue weighted by Crippen LogP contribution is -1.90. The van der Waals surface area contributed by atoms with Crippen molar-refractivity contribution in [3.05, 3.63) is 40.0 Å². The largest absolute Gasteiger partial charge is 0.398 e. The summed E-state index contributed by atoms with van der Waals surface area (Å²) in [4.78, 5) is 2.58. The first-order valence-electron chi connectivity index (χ1n) is 4.29. The third-order valence-electron chi connectivity index (χ3n) is 1.64. The Morgan fingerprint density at radius 3 is 3.07 bits per heavy atom. The zero-order valence-electron chi connectivity index (χ0n) is 7.94. The summed E-state index contributed by atoms with van der Waals surface area (Å²) < 4.78 is 12.8. The molecule has 0 bridgehead atoms. The van der Waals surface area contributed by atoms with Gasteiger partial charge in [0.15, 0.2) is 0 Å². The van der Waals surface area contributed by atoms with E-state index in [9.17, 15) is 4.39 Å². The van der Waals surface area contributed by atoms with Crippen LogP contribution >= 0.6 is 0 Å². The summed E-state index contributed by atoms with van der Waals surface area (Å²) in [5.41, 5.74) is 14.5. The maximum atomic E-state index is 12.8. The summed E-state index contributed by atoms with van der Waals surface area (Å²) in [5.74, 6) is 5.09. The Kier molecular flexibility index (Phi) is 4.02. The number of hydrogen-bond donors (Lipinski definition) is 1. The van der Waals surface area contributed by atoms with Gasteiger partial charge in [0, 0.05) is 23.6 Å². The Morgan fingerprint density at radius 1 is 1.53 bits per heavy atom. The van der Waals surface area contributed by atoms with Gasteiger partial charge in [-0.3, -0.25) is 0 Å². The number of nitrogen functional groups attached to an aromatic ring is 1. The Morgan fingerprint density at radius 2 is 2.33 bits per heavy atom. The van der Waals surface area contributed by atoms with Gasteiger partial charge in [0.2, 0.25) is 0 Å². The molecule has 2 N–H and O–H groups in total. The SMILES string of the molecule is [N-]=[N+]=NCCC#Cc1cc(F)ccc1N. The number of halogens is 1. The average molecular weight is 204 g/mol. The van der Waals surface area contributed by atoms with Crippen molar-refractivity contribution in [2.24, 2.45) is 5.11 Å². The standard InChI is InChI=1S/C10H9FN4/c11-9-4-5-10(12)8(7-9)3-1-2-6-14-15-13/h4-5,7H,2,6,12H2. The van der Waals surface area contributed by atoms with Crippen molar-refractivity contribution in [2.75, 3.05) is 12.3 Å². The van der Waals surface area contributed by atoms with E-state index in [0.717, 1.165) is 0 Å². The number of azide groups is 1. The third-order valence-corrected chi connectivity index (χ3v) is 1.64. The average Bonchev–Trinajstić information content (AvgIpc) is 2.23. The summed E-state index contributed by atoms with van der Waals surface area (Å²) in [6.45, 7) is 0.304. The fourth-order valence-electron chi connectivity index (χ4n) is 0.945. The molecule has 0 atom stereocenters. The minimum absolute atomic E-state index is 0.304. The van der Waals surface area contributed by atoms with Crippen LogP contribution in [0.15, 0.2) is 23.3 Å². The third kappa shape index (κ3) is 3.59. The first-order chi connectivity index (χ1) is 7.24. The summed E-state index contributed by atoms with van der Waals surface area (Å²) in [6.07, 6.45) is 0.431. The van der Waals surface area contributed by atoms with Gasteiger partial charge in [-0.1, -0.05) is 17.0 Å². The molecule has 0 aliphatic rings. The van der Waals surface area contributed by atoms with Gasteiger partial charge in [0.25, 0.3) is 0 Å². The van der Waals surface area contributed by atoms with Crippen molar-refractivity contribution in [3.63, 3.8) is 0 Å². The molecule has 0 saturated heterocycles. The highest BCUT2D eigenvalue weighted by atomic mass is 19.1. The highest BCUT2D eigenvalue weighted by Gasteiger charge is 1.96. The highest BCUT2D eigenvalue weighted by Crippen LogP contribution is 2.11. The van der Waals surface area contributed by atoms with E-state index in [1.54, 1.807) is 0 Å². The number of nitrogens with two attached hydrogens (primary N) is 1. The molecule has 0 aliphatic carbocycles. The van der Waals surface area contributed by atoms with Gasteiger partial charge in [-0.05, 0) is 23.7 Å². The van der Waals surface area contributed by atoms with E-state index in [1.807, 2.05) is 0 Å². The van der Waals surface area contributed by atoms with Crippen molar-refractivity contribution < 1.29 is 4.39 Å². The lowest BCUT2D eigenvalue weighted by atomic mass is 10.2. The zero-order valence-corrected chi connectivity index (χ0v) is 7.94. The first kappa shape index (κ1) is 10.9. The number of benzene rings is 1. The van der Waals surface area contributed by atoms with Gasteiger partial charge in [-0.15, -0.1) is 0 Å². The monoisotopic (exact) mass is 204 g/mol. The molecule has 0 heterocycles. The van der Waals surface area contributed by atoms with E-state index in [1.165, 1.54) is 18.2 Å². The molecule has 0 aromatic heterocycles. The van der Waals surface area contributed by atoms with Crippen LogP contribution in [0.2, 0.25) is 0 Å². The Bertz CT molecular complexity index is 452.